The fraction of sp³-hybridized carbons (Fsp3) is 0.800. The molecule has 0 bridgehead atoms. The van der Waals surface area contributed by atoms with E-state index in [4.69, 9.17) is 12.2 Å². The summed E-state index contributed by atoms with van der Waals surface area (Å²) in [6, 6.07) is 0. The van der Waals surface area contributed by atoms with Crippen molar-refractivity contribution in [3.63, 3.8) is 0 Å². The minimum Gasteiger partial charge on any atom is -0.304 e. The van der Waals surface area contributed by atoms with Gasteiger partial charge in [-0.1, -0.05) is 33.1 Å². The second kappa shape index (κ2) is 5.96. The number of nitrogens with one attached hydrogen (secondary N) is 1. The Kier molecular flexibility index (Phi) is 4.87. The third-order valence-electron chi connectivity index (χ3n) is 2.39. The van der Waals surface area contributed by atoms with Crippen molar-refractivity contribution in [2.45, 2.75) is 52.5 Å². The summed E-state index contributed by atoms with van der Waals surface area (Å²) in [6.45, 7) is 5.34. The predicted octanol–water partition coefficient (Wildman–Crippen LogP) is 3.08. The first-order chi connectivity index (χ1) is 6.79. The van der Waals surface area contributed by atoms with Gasteiger partial charge in [0, 0.05) is 13.0 Å². The summed E-state index contributed by atoms with van der Waals surface area (Å²) < 4.78 is 2.88. The molecule has 0 spiro atoms. The Hall–Kier alpha value is -0.640. The first-order valence-corrected chi connectivity index (χ1v) is 5.84. The molecule has 1 N–H and O–H groups in total. The molecule has 0 amide bonds. The lowest BCUT2D eigenvalue weighted by Crippen LogP contribution is -2.03. The van der Waals surface area contributed by atoms with Crippen molar-refractivity contribution in [1.29, 1.82) is 0 Å². The normalized spacial score (nSPS) is 10.7. The molecule has 0 aliphatic carbocycles. The van der Waals surface area contributed by atoms with E-state index < -0.39 is 0 Å². The van der Waals surface area contributed by atoms with Gasteiger partial charge in [-0.25, -0.2) is 0 Å². The molecule has 3 nitrogen and oxygen atoms in total. The molecule has 0 aromatic carbocycles. The molecule has 0 fully saturated rings. The third-order valence-corrected chi connectivity index (χ3v) is 2.70. The number of H-pyrrole nitrogens is 1. The van der Waals surface area contributed by atoms with E-state index in [-0.39, 0.29) is 0 Å². The van der Waals surface area contributed by atoms with Gasteiger partial charge in [-0.2, -0.15) is 5.10 Å². The molecule has 4 heteroatoms. The maximum atomic E-state index is 5.16. The molecular formula is C10H19N3S. The van der Waals surface area contributed by atoms with E-state index in [0.717, 1.165) is 23.6 Å². The van der Waals surface area contributed by atoms with Crippen LogP contribution in [0, 0.1) is 4.77 Å². The molecule has 14 heavy (non-hydrogen) atoms. The summed E-state index contributed by atoms with van der Waals surface area (Å²) >= 11 is 5.16. The average Bonchev–Trinajstić information content (AvgIpc) is 2.55. The van der Waals surface area contributed by atoms with Crippen molar-refractivity contribution in [3.8, 4) is 0 Å². The highest BCUT2D eigenvalue weighted by Crippen LogP contribution is 2.05. The van der Waals surface area contributed by atoms with Crippen molar-refractivity contribution in [1.82, 2.24) is 14.8 Å². The Bertz CT molecular complexity index is 313. The number of unbranched alkanes of at least 4 members (excludes halogenated alkanes) is 3. The topological polar surface area (TPSA) is 33.6 Å². The SMILES string of the molecule is CCCCCCn1c(CC)n[nH]c1=S. The number of aromatic amines is 1. The Labute approximate surface area is 90.5 Å². The fourth-order valence-electron chi connectivity index (χ4n) is 1.55. The number of rotatable bonds is 6. The number of hydrogen-bond acceptors (Lipinski definition) is 2. The molecule has 1 heterocycles. The molecule has 0 aliphatic heterocycles. The van der Waals surface area contributed by atoms with Gasteiger partial charge in [0.25, 0.3) is 0 Å². The molecule has 1 aromatic rings. The minimum atomic E-state index is 0.762. The van der Waals surface area contributed by atoms with E-state index in [2.05, 4.69) is 28.6 Å². The average molecular weight is 213 g/mol. The number of hydrogen-bond donors (Lipinski definition) is 1. The second-order valence-electron chi connectivity index (χ2n) is 3.51. The number of aromatic nitrogens is 3. The first-order valence-electron chi connectivity index (χ1n) is 5.43. The van der Waals surface area contributed by atoms with Crippen LogP contribution in [0.1, 0.15) is 45.4 Å². The monoisotopic (exact) mass is 213 g/mol. The summed E-state index contributed by atoms with van der Waals surface area (Å²) in [4.78, 5) is 0. The van der Waals surface area contributed by atoms with E-state index in [1.165, 1.54) is 25.7 Å². The van der Waals surface area contributed by atoms with Gasteiger partial charge in [0.15, 0.2) is 4.77 Å². The van der Waals surface area contributed by atoms with Gasteiger partial charge in [-0.05, 0) is 18.6 Å². The second-order valence-corrected chi connectivity index (χ2v) is 3.90. The Balaban J connectivity index is 2.48. The van der Waals surface area contributed by atoms with Crippen molar-refractivity contribution in [3.05, 3.63) is 10.6 Å². The lowest BCUT2D eigenvalue weighted by Gasteiger charge is -2.04. The van der Waals surface area contributed by atoms with Crippen LogP contribution in [-0.4, -0.2) is 14.8 Å². The molecule has 0 saturated heterocycles. The Morgan fingerprint density at radius 1 is 1.29 bits per heavy atom. The molecule has 80 valence electrons. The maximum Gasteiger partial charge on any atom is 0.195 e. The molecule has 0 radical (unpaired) electrons. The van der Waals surface area contributed by atoms with E-state index in [9.17, 15) is 0 Å². The van der Waals surface area contributed by atoms with Crippen molar-refractivity contribution in [2.75, 3.05) is 0 Å². The highest BCUT2D eigenvalue weighted by atomic mass is 32.1. The smallest absolute Gasteiger partial charge is 0.195 e. The predicted molar refractivity (Wildman–Crippen MR) is 60.9 cm³/mol. The van der Waals surface area contributed by atoms with Gasteiger partial charge < -0.3 is 4.57 Å². The van der Waals surface area contributed by atoms with E-state index in [0.29, 0.717) is 0 Å². The standard InChI is InChI=1S/C10H19N3S/c1-3-5-6-7-8-13-9(4-2)11-12-10(13)14/h3-8H2,1-2H3,(H,12,14). The minimum absolute atomic E-state index is 0.762. The molecule has 0 unspecified atom stereocenters. The molecule has 0 aliphatic rings. The van der Waals surface area contributed by atoms with Gasteiger partial charge in [-0.3, -0.25) is 5.10 Å². The van der Waals surface area contributed by atoms with Crippen LogP contribution in [-0.2, 0) is 13.0 Å². The first kappa shape index (κ1) is 11.4. The fourth-order valence-corrected chi connectivity index (χ4v) is 1.79. The summed E-state index contributed by atoms with van der Waals surface area (Å²) in [5.74, 6) is 1.08. The van der Waals surface area contributed by atoms with Crippen LogP contribution in [0.5, 0.6) is 0 Å². The van der Waals surface area contributed by atoms with E-state index >= 15 is 0 Å². The van der Waals surface area contributed by atoms with Crippen LogP contribution in [0.4, 0.5) is 0 Å². The van der Waals surface area contributed by atoms with Crippen molar-refractivity contribution < 1.29 is 0 Å². The molecule has 1 aromatic heterocycles. The highest BCUT2D eigenvalue weighted by molar-refractivity contribution is 7.71. The number of aryl methyl sites for hydroxylation is 1. The zero-order valence-corrected chi connectivity index (χ0v) is 9.86. The summed E-state index contributed by atoms with van der Waals surface area (Å²) in [7, 11) is 0. The number of nitrogens with zero attached hydrogens (tertiary/aromatic N) is 2. The Morgan fingerprint density at radius 2 is 2.07 bits per heavy atom. The summed E-state index contributed by atoms with van der Waals surface area (Å²) in [6.07, 6.45) is 6.02. The molecule has 0 atom stereocenters. The van der Waals surface area contributed by atoms with Crippen LogP contribution in [0.25, 0.3) is 0 Å². The van der Waals surface area contributed by atoms with Crippen LogP contribution < -0.4 is 0 Å². The summed E-state index contributed by atoms with van der Waals surface area (Å²) in [5.41, 5.74) is 0. The molecular weight excluding hydrogens is 194 g/mol. The zero-order valence-electron chi connectivity index (χ0n) is 9.05. The van der Waals surface area contributed by atoms with Gasteiger partial charge in [0.1, 0.15) is 5.82 Å². The van der Waals surface area contributed by atoms with Crippen LogP contribution in [0.2, 0.25) is 0 Å². The van der Waals surface area contributed by atoms with Crippen molar-refractivity contribution in [2.24, 2.45) is 0 Å². The zero-order chi connectivity index (χ0) is 10.4. The van der Waals surface area contributed by atoms with Crippen molar-refractivity contribution >= 4 is 12.2 Å². The van der Waals surface area contributed by atoms with E-state index in [1.54, 1.807) is 0 Å². The molecule has 1 rings (SSSR count). The van der Waals surface area contributed by atoms with Crippen LogP contribution in [0.3, 0.4) is 0 Å². The Morgan fingerprint density at radius 3 is 2.71 bits per heavy atom. The highest BCUT2D eigenvalue weighted by Gasteiger charge is 2.02. The van der Waals surface area contributed by atoms with E-state index in [1.807, 2.05) is 0 Å². The quantitative estimate of drug-likeness (QED) is 0.582. The van der Waals surface area contributed by atoms with Gasteiger partial charge >= 0.3 is 0 Å². The lowest BCUT2D eigenvalue weighted by atomic mass is 10.2. The van der Waals surface area contributed by atoms with Gasteiger partial charge in [-0.15, -0.1) is 0 Å². The third kappa shape index (κ3) is 2.94. The largest absolute Gasteiger partial charge is 0.304 e. The van der Waals surface area contributed by atoms with Gasteiger partial charge in [0.05, 0.1) is 0 Å². The van der Waals surface area contributed by atoms with Gasteiger partial charge in [0.2, 0.25) is 0 Å². The van der Waals surface area contributed by atoms with Crippen LogP contribution in [0.15, 0.2) is 0 Å². The van der Waals surface area contributed by atoms with Crippen LogP contribution >= 0.6 is 12.2 Å². The summed E-state index contributed by atoms with van der Waals surface area (Å²) in [5, 5.41) is 7.02. The lowest BCUT2D eigenvalue weighted by molar-refractivity contribution is 0.562. The molecule has 0 saturated carbocycles. The maximum absolute atomic E-state index is 5.16.